The zero-order valence-corrected chi connectivity index (χ0v) is 10.9. The van der Waals surface area contributed by atoms with Gasteiger partial charge in [0.15, 0.2) is 0 Å². The van der Waals surface area contributed by atoms with Crippen LogP contribution in [0.4, 0.5) is 25.8 Å². The number of morpholine rings is 1. The van der Waals surface area contributed by atoms with Crippen molar-refractivity contribution < 1.29 is 23.2 Å². The number of rotatable bonds is 4. The van der Waals surface area contributed by atoms with E-state index in [1.54, 1.807) is 0 Å². The van der Waals surface area contributed by atoms with Crippen LogP contribution in [-0.4, -0.2) is 43.6 Å². The summed E-state index contributed by atoms with van der Waals surface area (Å²) in [5, 5.41) is 12.8. The Balaban J connectivity index is 2.29. The third-order valence-corrected chi connectivity index (χ3v) is 3.01. The maximum atomic E-state index is 12.3. The fraction of sp³-hybridized carbons (Fsp3) is 0.417. The minimum Gasteiger partial charge on any atom is -0.378 e. The van der Waals surface area contributed by atoms with Gasteiger partial charge in [-0.3, -0.25) is 14.9 Å². The quantitative estimate of drug-likeness (QED) is 0.675. The van der Waals surface area contributed by atoms with Crippen LogP contribution in [0.3, 0.4) is 0 Å². The predicted molar refractivity (Wildman–Crippen MR) is 70.8 cm³/mol. The van der Waals surface area contributed by atoms with Crippen molar-refractivity contribution in [3.05, 3.63) is 28.3 Å². The van der Waals surface area contributed by atoms with E-state index in [0.29, 0.717) is 32.0 Å². The van der Waals surface area contributed by atoms with Crippen LogP contribution in [0.25, 0.3) is 0 Å². The van der Waals surface area contributed by atoms with Crippen LogP contribution in [0.1, 0.15) is 0 Å². The largest absolute Gasteiger partial charge is 0.378 e. The van der Waals surface area contributed by atoms with Crippen molar-refractivity contribution >= 4 is 23.0 Å². The highest BCUT2D eigenvalue weighted by Gasteiger charge is 2.22. The molecule has 0 radical (unpaired) electrons. The molecule has 1 N–H and O–H groups in total. The number of amides is 1. The number of nitrogens with zero attached hydrogens (tertiary/aromatic N) is 2. The molecule has 114 valence electrons. The Morgan fingerprint density at radius 2 is 2.05 bits per heavy atom. The molecule has 21 heavy (non-hydrogen) atoms. The zero-order chi connectivity index (χ0) is 15.4. The summed E-state index contributed by atoms with van der Waals surface area (Å²) in [7, 11) is 0. The molecule has 7 nitrogen and oxygen atoms in total. The minimum atomic E-state index is -3.24. The van der Waals surface area contributed by atoms with Gasteiger partial charge in [0, 0.05) is 24.8 Å². The number of nitro benzene ring substituents is 1. The average molecular weight is 301 g/mol. The predicted octanol–water partition coefficient (Wildman–Crippen LogP) is 1.63. The summed E-state index contributed by atoms with van der Waals surface area (Å²) in [4.78, 5) is 23.1. The molecule has 1 saturated heterocycles. The maximum Gasteiger partial charge on any atom is 0.315 e. The van der Waals surface area contributed by atoms with Gasteiger partial charge >= 0.3 is 6.43 Å². The summed E-state index contributed by atoms with van der Waals surface area (Å²) < 4.78 is 29.8. The molecule has 0 unspecified atom stereocenters. The molecule has 0 aromatic heterocycles. The lowest BCUT2D eigenvalue weighted by atomic mass is 10.2. The monoisotopic (exact) mass is 301 g/mol. The first-order valence-corrected chi connectivity index (χ1v) is 6.19. The van der Waals surface area contributed by atoms with Crippen molar-refractivity contribution in [2.24, 2.45) is 0 Å². The second-order valence-electron chi connectivity index (χ2n) is 4.35. The van der Waals surface area contributed by atoms with Gasteiger partial charge in [-0.15, -0.1) is 0 Å². The number of anilines is 2. The van der Waals surface area contributed by atoms with Crippen molar-refractivity contribution in [1.82, 2.24) is 0 Å². The molecule has 1 amide bonds. The Hall–Kier alpha value is -2.29. The van der Waals surface area contributed by atoms with E-state index in [9.17, 15) is 23.7 Å². The number of nitro groups is 1. The topological polar surface area (TPSA) is 84.7 Å². The van der Waals surface area contributed by atoms with Crippen molar-refractivity contribution in [1.29, 1.82) is 0 Å². The summed E-state index contributed by atoms with van der Waals surface area (Å²) >= 11 is 0. The highest BCUT2D eigenvalue weighted by molar-refractivity contribution is 5.95. The first kappa shape index (κ1) is 15.1. The fourth-order valence-corrected chi connectivity index (χ4v) is 1.99. The van der Waals surface area contributed by atoms with Gasteiger partial charge < -0.3 is 15.0 Å². The lowest BCUT2D eigenvalue weighted by Crippen LogP contribution is -2.36. The highest BCUT2D eigenvalue weighted by atomic mass is 19.3. The molecule has 1 aliphatic heterocycles. The van der Waals surface area contributed by atoms with Crippen molar-refractivity contribution in [3.63, 3.8) is 0 Å². The number of benzene rings is 1. The molecular weight excluding hydrogens is 288 g/mol. The summed E-state index contributed by atoms with van der Waals surface area (Å²) in [6.07, 6.45) is -3.24. The van der Waals surface area contributed by atoms with Gasteiger partial charge in [-0.1, -0.05) is 0 Å². The molecular formula is C12H13F2N3O4. The average Bonchev–Trinajstić information content (AvgIpc) is 2.47. The molecule has 2 rings (SSSR count). The number of ether oxygens (including phenoxy) is 1. The Labute approximate surface area is 118 Å². The van der Waals surface area contributed by atoms with Crippen LogP contribution in [0.2, 0.25) is 0 Å². The number of hydrogen-bond donors (Lipinski definition) is 1. The molecule has 1 aliphatic rings. The first-order chi connectivity index (χ1) is 9.99. The first-order valence-electron chi connectivity index (χ1n) is 6.19. The number of nitrogens with one attached hydrogen (secondary N) is 1. The second-order valence-corrected chi connectivity index (χ2v) is 4.35. The Morgan fingerprint density at radius 3 is 2.62 bits per heavy atom. The lowest BCUT2D eigenvalue weighted by Gasteiger charge is -2.29. The SMILES string of the molecule is O=C(Nc1cc(N2CCOCC2)ccc1[N+](=O)[O-])C(F)F. The van der Waals surface area contributed by atoms with Gasteiger partial charge in [-0.2, -0.15) is 8.78 Å². The second kappa shape index (κ2) is 6.44. The number of carbonyl (C=O) groups is 1. The minimum absolute atomic E-state index is 0.241. The van der Waals surface area contributed by atoms with E-state index in [4.69, 9.17) is 4.74 Å². The third kappa shape index (κ3) is 3.63. The van der Waals surface area contributed by atoms with Gasteiger partial charge in [0.05, 0.1) is 18.1 Å². The normalized spacial score (nSPS) is 15.1. The number of hydrogen-bond acceptors (Lipinski definition) is 5. The van der Waals surface area contributed by atoms with Gasteiger partial charge in [0.2, 0.25) is 0 Å². The summed E-state index contributed by atoms with van der Waals surface area (Å²) in [5.74, 6) is -1.57. The van der Waals surface area contributed by atoms with Crippen LogP contribution >= 0.6 is 0 Å². The summed E-state index contributed by atoms with van der Waals surface area (Å²) in [5.41, 5.74) is -0.0660. The van der Waals surface area contributed by atoms with E-state index in [1.165, 1.54) is 18.2 Å². The van der Waals surface area contributed by atoms with Gasteiger partial charge in [-0.05, 0) is 12.1 Å². The molecule has 1 fully saturated rings. The molecule has 0 bridgehead atoms. The Morgan fingerprint density at radius 1 is 1.38 bits per heavy atom. The molecule has 0 aliphatic carbocycles. The molecule has 1 aromatic rings. The number of alkyl halides is 2. The van der Waals surface area contributed by atoms with E-state index >= 15 is 0 Å². The van der Waals surface area contributed by atoms with E-state index in [1.807, 2.05) is 10.2 Å². The zero-order valence-electron chi connectivity index (χ0n) is 10.9. The van der Waals surface area contributed by atoms with Gasteiger partial charge in [0.1, 0.15) is 5.69 Å². The van der Waals surface area contributed by atoms with Crippen LogP contribution in [0, 0.1) is 10.1 Å². The molecule has 0 saturated carbocycles. The lowest BCUT2D eigenvalue weighted by molar-refractivity contribution is -0.383. The molecule has 0 atom stereocenters. The Kier molecular flexibility index (Phi) is 4.63. The smallest absolute Gasteiger partial charge is 0.315 e. The van der Waals surface area contributed by atoms with Crippen molar-refractivity contribution in [2.45, 2.75) is 6.43 Å². The highest BCUT2D eigenvalue weighted by Crippen LogP contribution is 2.30. The van der Waals surface area contributed by atoms with Crippen LogP contribution < -0.4 is 10.2 Å². The standard InChI is InChI=1S/C12H13F2N3O4/c13-11(14)12(18)15-9-7-8(1-2-10(9)17(19)20)16-3-5-21-6-4-16/h1-2,7,11H,3-6H2,(H,15,18). The molecule has 1 heterocycles. The van der Waals surface area contributed by atoms with Crippen LogP contribution in [0.15, 0.2) is 18.2 Å². The summed E-state index contributed by atoms with van der Waals surface area (Å²) in [6, 6.07) is 4.02. The van der Waals surface area contributed by atoms with Crippen LogP contribution in [0.5, 0.6) is 0 Å². The maximum absolute atomic E-state index is 12.3. The number of halogens is 2. The van der Waals surface area contributed by atoms with Crippen molar-refractivity contribution in [3.8, 4) is 0 Å². The van der Waals surface area contributed by atoms with E-state index < -0.39 is 22.9 Å². The molecule has 9 heteroatoms. The van der Waals surface area contributed by atoms with E-state index in [2.05, 4.69) is 0 Å². The molecule has 0 spiro atoms. The Bertz CT molecular complexity index is 547. The molecule has 1 aromatic carbocycles. The third-order valence-electron chi connectivity index (χ3n) is 3.01. The van der Waals surface area contributed by atoms with Crippen LogP contribution in [-0.2, 0) is 9.53 Å². The van der Waals surface area contributed by atoms with E-state index in [-0.39, 0.29) is 5.69 Å². The van der Waals surface area contributed by atoms with Gasteiger partial charge in [0.25, 0.3) is 11.6 Å². The van der Waals surface area contributed by atoms with Crippen molar-refractivity contribution in [2.75, 3.05) is 36.5 Å². The fourth-order valence-electron chi connectivity index (χ4n) is 1.99. The summed E-state index contributed by atoms with van der Waals surface area (Å²) in [6.45, 7) is 2.19. The van der Waals surface area contributed by atoms with E-state index in [0.717, 1.165) is 0 Å². The van der Waals surface area contributed by atoms with Gasteiger partial charge in [-0.25, -0.2) is 0 Å². The number of carbonyl (C=O) groups excluding carboxylic acids is 1.